The maximum atomic E-state index is 8.85. The van der Waals surface area contributed by atoms with Crippen LogP contribution in [-0.2, 0) is 0 Å². The molecule has 15 heavy (non-hydrogen) atoms. The van der Waals surface area contributed by atoms with Crippen LogP contribution < -0.4 is 0 Å². The minimum Gasteiger partial charge on any atom is -0.236 e. The van der Waals surface area contributed by atoms with Gasteiger partial charge in [-0.2, -0.15) is 5.26 Å². The van der Waals surface area contributed by atoms with E-state index in [9.17, 15) is 0 Å². The predicted molar refractivity (Wildman–Crippen MR) is 56.9 cm³/mol. The second-order valence-electron chi connectivity index (χ2n) is 3.17. The van der Waals surface area contributed by atoms with Crippen molar-refractivity contribution in [3.63, 3.8) is 0 Å². The van der Waals surface area contributed by atoms with Crippen LogP contribution in [0.2, 0.25) is 0 Å². The van der Waals surface area contributed by atoms with Crippen LogP contribution >= 0.6 is 0 Å². The molecule has 3 heteroatoms. The van der Waals surface area contributed by atoms with Crippen LogP contribution in [0.15, 0.2) is 36.7 Å². The van der Waals surface area contributed by atoms with Crippen molar-refractivity contribution in [2.24, 2.45) is 0 Å². The lowest BCUT2D eigenvalue weighted by atomic mass is 10.1. The van der Waals surface area contributed by atoms with Gasteiger partial charge < -0.3 is 0 Å². The summed E-state index contributed by atoms with van der Waals surface area (Å²) >= 11 is 0. The summed E-state index contributed by atoms with van der Waals surface area (Å²) in [5.41, 5.74) is 3.09. The molecule has 0 amide bonds. The van der Waals surface area contributed by atoms with E-state index in [2.05, 4.69) is 16.0 Å². The van der Waals surface area contributed by atoms with Crippen molar-refractivity contribution in [3.8, 4) is 17.3 Å². The highest BCUT2D eigenvalue weighted by Gasteiger charge is 2.07. The van der Waals surface area contributed by atoms with Crippen molar-refractivity contribution in [3.05, 3.63) is 47.9 Å². The van der Waals surface area contributed by atoms with Gasteiger partial charge >= 0.3 is 0 Å². The lowest BCUT2D eigenvalue weighted by Crippen LogP contribution is -1.94. The molecule has 72 valence electrons. The van der Waals surface area contributed by atoms with Crippen molar-refractivity contribution in [2.75, 3.05) is 0 Å². The Hall–Kier alpha value is -2.21. The normalized spacial score (nSPS) is 9.60. The van der Waals surface area contributed by atoms with E-state index in [-0.39, 0.29) is 0 Å². The number of nitriles is 1. The predicted octanol–water partition coefficient (Wildman–Crippen LogP) is 2.32. The number of rotatable bonds is 1. The summed E-state index contributed by atoms with van der Waals surface area (Å²) in [6.07, 6.45) is 1.42. The quantitative estimate of drug-likeness (QED) is 0.701. The maximum absolute atomic E-state index is 8.85. The molecular weight excluding hydrogens is 186 g/mol. The monoisotopic (exact) mass is 195 g/mol. The number of hydrogen-bond acceptors (Lipinski definition) is 3. The fourth-order valence-corrected chi connectivity index (χ4v) is 1.45. The van der Waals surface area contributed by atoms with E-state index in [0.717, 1.165) is 16.8 Å². The molecule has 0 saturated heterocycles. The zero-order valence-corrected chi connectivity index (χ0v) is 8.31. The molecule has 0 aliphatic rings. The zero-order valence-electron chi connectivity index (χ0n) is 8.31. The van der Waals surface area contributed by atoms with Crippen LogP contribution in [0.5, 0.6) is 0 Å². The molecule has 0 bridgehead atoms. The van der Waals surface area contributed by atoms with Crippen LogP contribution in [0, 0.1) is 18.3 Å². The van der Waals surface area contributed by atoms with Gasteiger partial charge in [0, 0.05) is 11.1 Å². The molecule has 0 radical (unpaired) electrons. The third-order valence-corrected chi connectivity index (χ3v) is 2.24. The number of nitrogens with zero attached hydrogens (tertiary/aromatic N) is 3. The maximum Gasteiger partial charge on any atom is 0.147 e. The summed E-state index contributed by atoms with van der Waals surface area (Å²) in [5, 5.41) is 8.85. The first kappa shape index (κ1) is 9.35. The molecule has 0 aliphatic carbocycles. The van der Waals surface area contributed by atoms with E-state index < -0.39 is 0 Å². The molecule has 0 unspecified atom stereocenters. The summed E-state index contributed by atoms with van der Waals surface area (Å²) < 4.78 is 0. The Balaban J connectivity index is 2.61. The van der Waals surface area contributed by atoms with Crippen LogP contribution in [0.3, 0.4) is 0 Å². The lowest BCUT2D eigenvalue weighted by molar-refractivity contribution is 1.10. The van der Waals surface area contributed by atoms with Gasteiger partial charge in [0.1, 0.15) is 18.1 Å². The van der Waals surface area contributed by atoms with Crippen molar-refractivity contribution < 1.29 is 0 Å². The molecule has 0 spiro atoms. The van der Waals surface area contributed by atoms with Gasteiger partial charge in [0.25, 0.3) is 0 Å². The smallest absolute Gasteiger partial charge is 0.147 e. The van der Waals surface area contributed by atoms with E-state index >= 15 is 0 Å². The summed E-state index contributed by atoms with van der Waals surface area (Å²) in [4.78, 5) is 8.11. The van der Waals surface area contributed by atoms with Crippen molar-refractivity contribution in [2.45, 2.75) is 6.92 Å². The minimum absolute atomic E-state index is 0.434. The molecule has 1 aromatic carbocycles. The molecule has 0 atom stereocenters. The molecule has 0 saturated carbocycles. The highest BCUT2D eigenvalue weighted by molar-refractivity contribution is 5.64. The highest BCUT2D eigenvalue weighted by Crippen LogP contribution is 2.20. The van der Waals surface area contributed by atoms with Crippen LogP contribution in [-0.4, -0.2) is 9.97 Å². The zero-order chi connectivity index (χ0) is 10.7. The minimum atomic E-state index is 0.434. The van der Waals surface area contributed by atoms with Crippen LogP contribution in [0.4, 0.5) is 0 Å². The summed E-state index contributed by atoms with van der Waals surface area (Å²) in [6, 6.07) is 11.8. The van der Waals surface area contributed by atoms with Gasteiger partial charge in [0.2, 0.25) is 0 Å². The standard InChI is InChI=1S/C12H9N3/c1-9-11(7-13)14-8-15-12(9)10-5-3-2-4-6-10/h2-6,8H,1H3. The second-order valence-corrected chi connectivity index (χ2v) is 3.17. The topological polar surface area (TPSA) is 49.6 Å². The van der Waals surface area contributed by atoms with E-state index in [4.69, 9.17) is 5.26 Å². The number of benzene rings is 1. The van der Waals surface area contributed by atoms with Gasteiger partial charge in [0.05, 0.1) is 5.69 Å². The first-order chi connectivity index (χ1) is 7.33. The van der Waals surface area contributed by atoms with E-state index in [1.54, 1.807) is 0 Å². The molecule has 0 aliphatic heterocycles. The van der Waals surface area contributed by atoms with Gasteiger partial charge in [-0.25, -0.2) is 9.97 Å². The van der Waals surface area contributed by atoms with E-state index in [1.165, 1.54) is 6.33 Å². The van der Waals surface area contributed by atoms with Gasteiger partial charge in [-0.1, -0.05) is 30.3 Å². The number of aromatic nitrogens is 2. The number of hydrogen-bond donors (Lipinski definition) is 0. The first-order valence-electron chi connectivity index (χ1n) is 4.60. The summed E-state index contributed by atoms with van der Waals surface area (Å²) in [6.45, 7) is 1.86. The Morgan fingerprint density at radius 1 is 1.13 bits per heavy atom. The van der Waals surface area contributed by atoms with Crippen molar-refractivity contribution in [1.29, 1.82) is 5.26 Å². The third-order valence-electron chi connectivity index (χ3n) is 2.24. The van der Waals surface area contributed by atoms with Gasteiger partial charge in [0.15, 0.2) is 0 Å². The largest absolute Gasteiger partial charge is 0.236 e. The molecule has 2 rings (SSSR count). The molecule has 0 fully saturated rings. The van der Waals surface area contributed by atoms with Gasteiger partial charge in [-0.15, -0.1) is 0 Å². The van der Waals surface area contributed by atoms with Crippen LogP contribution in [0.1, 0.15) is 11.3 Å². The summed E-state index contributed by atoms with van der Waals surface area (Å²) in [5.74, 6) is 0. The van der Waals surface area contributed by atoms with Gasteiger partial charge in [-0.05, 0) is 6.92 Å². The first-order valence-corrected chi connectivity index (χ1v) is 4.60. The molecule has 2 aromatic rings. The molecule has 0 N–H and O–H groups in total. The molecule has 1 aromatic heterocycles. The average Bonchev–Trinajstić information content (AvgIpc) is 2.30. The Labute approximate surface area is 88.1 Å². The Morgan fingerprint density at radius 2 is 1.87 bits per heavy atom. The Morgan fingerprint density at radius 3 is 2.53 bits per heavy atom. The Bertz CT molecular complexity index is 512. The second kappa shape index (κ2) is 3.89. The lowest BCUT2D eigenvalue weighted by Gasteiger charge is -2.04. The van der Waals surface area contributed by atoms with Gasteiger partial charge in [-0.3, -0.25) is 0 Å². The van der Waals surface area contributed by atoms with Crippen LogP contribution in [0.25, 0.3) is 11.3 Å². The summed E-state index contributed by atoms with van der Waals surface area (Å²) in [7, 11) is 0. The average molecular weight is 195 g/mol. The van der Waals surface area contributed by atoms with E-state index in [1.807, 2.05) is 37.3 Å². The van der Waals surface area contributed by atoms with E-state index in [0.29, 0.717) is 5.69 Å². The SMILES string of the molecule is Cc1c(C#N)ncnc1-c1ccccc1. The molecule has 1 heterocycles. The third kappa shape index (κ3) is 1.70. The highest BCUT2D eigenvalue weighted by atomic mass is 14.8. The Kier molecular flexibility index (Phi) is 2.42. The van der Waals surface area contributed by atoms with Crippen molar-refractivity contribution in [1.82, 2.24) is 9.97 Å². The van der Waals surface area contributed by atoms with Crippen molar-refractivity contribution >= 4 is 0 Å². The fourth-order valence-electron chi connectivity index (χ4n) is 1.45. The molecular formula is C12H9N3. The molecule has 3 nitrogen and oxygen atoms in total. The fraction of sp³-hybridized carbons (Fsp3) is 0.0833.